The molecule has 0 bridgehead atoms. The first kappa shape index (κ1) is 18.5. The number of fused-ring (bicyclic) bond motifs is 1. The van der Waals surface area contributed by atoms with Crippen LogP contribution >= 0.6 is 0 Å². The standard InChI is InChI=1S/C23H27N3O2/c1-16-11-17(2)13-19(12-16)28-10-6-9-26-21-8-5-4-7-20(21)24-23(26)18-14-22(27)25(3)15-18/h4-5,7-8,11-13,18H,6,9-10,14-15H2,1-3H3. The van der Waals surface area contributed by atoms with Crippen molar-refractivity contribution in [2.75, 3.05) is 20.2 Å². The highest BCUT2D eigenvalue weighted by atomic mass is 16.5. The zero-order valence-electron chi connectivity index (χ0n) is 16.8. The minimum atomic E-state index is 0.158. The zero-order chi connectivity index (χ0) is 19.7. The van der Waals surface area contributed by atoms with Crippen LogP contribution in [-0.4, -0.2) is 40.6 Å². The molecule has 1 atom stereocenters. The van der Waals surface area contributed by atoms with Crippen LogP contribution in [0.15, 0.2) is 42.5 Å². The van der Waals surface area contributed by atoms with Crippen LogP contribution in [0.1, 0.15) is 35.7 Å². The molecule has 4 rings (SSSR count). The zero-order valence-corrected chi connectivity index (χ0v) is 16.8. The number of ether oxygens (including phenoxy) is 1. The first-order chi connectivity index (χ1) is 13.5. The Hall–Kier alpha value is -2.82. The Morgan fingerprint density at radius 2 is 1.89 bits per heavy atom. The fourth-order valence-corrected chi connectivity index (χ4v) is 4.11. The maximum absolute atomic E-state index is 12.0. The first-order valence-corrected chi connectivity index (χ1v) is 9.91. The molecule has 5 heteroatoms. The average Bonchev–Trinajstić information content (AvgIpc) is 3.18. The van der Waals surface area contributed by atoms with E-state index >= 15 is 0 Å². The fourth-order valence-electron chi connectivity index (χ4n) is 4.11. The minimum absolute atomic E-state index is 0.158. The smallest absolute Gasteiger partial charge is 0.223 e. The van der Waals surface area contributed by atoms with E-state index in [0.29, 0.717) is 13.0 Å². The van der Waals surface area contributed by atoms with E-state index in [-0.39, 0.29) is 11.8 Å². The second kappa shape index (κ2) is 7.66. The molecule has 2 heterocycles. The van der Waals surface area contributed by atoms with E-state index in [2.05, 4.69) is 42.7 Å². The van der Waals surface area contributed by atoms with E-state index in [0.717, 1.165) is 42.1 Å². The number of carbonyl (C=O) groups is 1. The average molecular weight is 377 g/mol. The van der Waals surface area contributed by atoms with Gasteiger partial charge in [0.15, 0.2) is 0 Å². The predicted molar refractivity (Wildman–Crippen MR) is 111 cm³/mol. The molecule has 3 aromatic rings. The minimum Gasteiger partial charge on any atom is -0.494 e. The number of likely N-dealkylation sites (tertiary alicyclic amines) is 1. The van der Waals surface area contributed by atoms with Gasteiger partial charge in [0.1, 0.15) is 11.6 Å². The Kier molecular flexibility index (Phi) is 5.07. The highest BCUT2D eigenvalue weighted by molar-refractivity contribution is 5.80. The molecule has 0 aliphatic carbocycles. The molecule has 1 aliphatic heterocycles. The maximum atomic E-state index is 12.0. The quantitative estimate of drug-likeness (QED) is 0.609. The summed E-state index contributed by atoms with van der Waals surface area (Å²) in [6, 6.07) is 14.5. The summed E-state index contributed by atoms with van der Waals surface area (Å²) in [5.41, 5.74) is 4.56. The van der Waals surface area contributed by atoms with E-state index in [1.54, 1.807) is 4.90 Å². The molecule has 1 aromatic heterocycles. The van der Waals surface area contributed by atoms with Gasteiger partial charge in [-0.3, -0.25) is 4.79 Å². The number of hydrogen-bond acceptors (Lipinski definition) is 3. The van der Waals surface area contributed by atoms with E-state index in [9.17, 15) is 4.79 Å². The first-order valence-electron chi connectivity index (χ1n) is 9.91. The molecule has 0 N–H and O–H groups in total. The lowest BCUT2D eigenvalue weighted by Gasteiger charge is -2.14. The number of aromatic nitrogens is 2. The number of likely N-dealkylation sites (N-methyl/N-ethyl adjacent to an activating group) is 1. The third-order valence-corrected chi connectivity index (χ3v) is 5.38. The second-order valence-electron chi connectivity index (χ2n) is 7.81. The number of aryl methyl sites for hydroxylation is 3. The molecule has 5 nitrogen and oxygen atoms in total. The van der Waals surface area contributed by atoms with Crippen LogP contribution in [0.5, 0.6) is 5.75 Å². The number of para-hydroxylation sites is 2. The normalized spacial score (nSPS) is 16.9. The van der Waals surface area contributed by atoms with Gasteiger partial charge >= 0.3 is 0 Å². The largest absolute Gasteiger partial charge is 0.494 e. The Morgan fingerprint density at radius 3 is 2.61 bits per heavy atom. The van der Waals surface area contributed by atoms with Crippen molar-refractivity contribution in [3.8, 4) is 5.75 Å². The highest BCUT2D eigenvalue weighted by Crippen LogP contribution is 2.30. The van der Waals surface area contributed by atoms with E-state index in [1.807, 2.05) is 25.2 Å². The molecule has 1 amide bonds. The van der Waals surface area contributed by atoms with Crippen LogP contribution < -0.4 is 4.74 Å². The molecule has 28 heavy (non-hydrogen) atoms. The van der Waals surface area contributed by atoms with Gasteiger partial charge in [-0.15, -0.1) is 0 Å². The van der Waals surface area contributed by atoms with Gasteiger partial charge in [-0.05, 0) is 55.7 Å². The molecule has 1 fully saturated rings. The third kappa shape index (κ3) is 3.75. The summed E-state index contributed by atoms with van der Waals surface area (Å²) < 4.78 is 8.26. The monoisotopic (exact) mass is 377 g/mol. The summed E-state index contributed by atoms with van der Waals surface area (Å²) in [6.45, 7) is 6.39. The number of imidazole rings is 1. The Morgan fingerprint density at radius 1 is 1.14 bits per heavy atom. The van der Waals surface area contributed by atoms with Crippen LogP contribution in [0, 0.1) is 13.8 Å². The van der Waals surface area contributed by atoms with E-state index in [1.165, 1.54) is 11.1 Å². The van der Waals surface area contributed by atoms with Gasteiger partial charge < -0.3 is 14.2 Å². The number of benzene rings is 2. The highest BCUT2D eigenvalue weighted by Gasteiger charge is 2.31. The van der Waals surface area contributed by atoms with Crippen LogP contribution in [0.3, 0.4) is 0 Å². The van der Waals surface area contributed by atoms with Crippen molar-refractivity contribution in [2.24, 2.45) is 0 Å². The van der Waals surface area contributed by atoms with Crippen molar-refractivity contribution >= 4 is 16.9 Å². The second-order valence-corrected chi connectivity index (χ2v) is 7.81. The molecule has 1 aliphatic rings. The summed E-state index contributed by atoms with van der Waals surface area (Å²) >= 11 is 0. The van der Waals surface area contributed by atoms with Crippen LogP contribution in [0.25, 0.3) is 11.0 Å². The summed E-state index contributed by atoms with van der Waals surface area (Å²) in [4.78, 5) is 18.7. The maximum Gasteiger partial charge on any atom is 0.223 e. The van der Waals surface area contributed by atoms with Crippen molar-refractivity contribution in [3.63, 3.8) is 0 Å². The number of rotatable bonds is 6. The van der Waals surface area contributed by atoms with Gasteiger partial charge in [0.2, 0.25) is 5.91 Å². The molecule has 1 unspecified atom stereocenters. The van der Waals surface area contributed by atoms with E-state index in [4.69, 9.17) is 9.72 Å². The third-order valence-electron chi connectivity index (χ3n) is 5.38. The van der Waals surface area contributed by atoms with Crippen LogP contribution in [0.4, 0.5) is 0 Å². The Labute approximate surface area is 165 Å². The van der Waals surface area contributed by atoms with Gasteiger partial charge in [-0.25, -0.2) is 4.98 Å². The van der Waals surface area contributed by atoms with Crippen molar-refractivity contribution in [1.29, 1.82) is 0 Å². The van der Waals surface area contributed by atoms with Crippen molar-refractivity contribution < 1.29 is 9.53 Å². The molecular weight excluding hydrogens is 350 g/mol. The molecular formula is C23H27N3O2. The summed E-state index contributed by atoms with van der Waals surface area (Å²) in [7, 11) is 1.87. The van der Waals surface area contributed by atoms with Crippen LogP contribution in [0.2, 0.25) is 0 Å². The molecule has 0 saturated carbocycles. The van der Waals surface area contributed by atoms with Gasteiger partial charge in [0.05, 0.1) is 17.6 Å². The van der Waals surface area contributed by atoms with Crippen LogP contribution in [-0.2, 0) is 11.3 Å². The molecule has 1 saturated heterocycles. The molecule has 2 aromatic carbocycles. The lowest BCUT2D eigenvalue weighted by atomic mass is 10.1. The fraction of sp³-hybridized carbons (Fsp3) is 0.391. The molecule has 146 valence electrons. The Balaban J connectivity index is 1.49. The lowest BCUT2D eigenvalue weighted by Crippen LogP contribution is -2.19. The number of amides is 1. The summed E-state index contributed by atoms with van der Waals surface area (Å²) in [5, 5.41) is 0. The SMILES string of the molecule is Cc1cc(C)cc(OCCCn2c(C3CC(=O)N(C)C3)nc3ccccc32)c1. The van der Waals surface area contributed by atoms with Gasteiger partial charge in [0, 0.05) is 32.5 Å². The topological polar surface area (TPSA) is 47.4 Å². The predicted octanol–water partition coefficient (Wildman–Crippen LogP) is 4.07. The van der Waals surface area contributed by atoms with Crippen molar-refractivity contribution in [2.45, 2.75) is 39.2 Å². The lowest BCUT2D eigenvalue weighted by molar-refractivity contribution is -0.126. The van der Waals surface area contributed by atoms with E-state index < -0.39 is 0 Å². The summed E-state index contributed by atoms with van der Waals surface area (Å²) in [6.07, 6.45) is 1.43. The van der Waals surface area contributed by atoms with Crippen molar-refractivity contribution in [3.05, 3.63) is 59.4 Å². The van der Waals surface area contributed by atoms with Crippen molar-refractivity contribution in [1.82, 2.24) is 14.5 Å². The molecule has 0 radical (unpaired) electrons. The number of carbonyl (C=O) groups excluding carboxylic acids is 1. The number of nitrogens with zero attached hydrogens (tertiary/aromatic N) is 3. The van der Waals surface area contributed by atoms with Gasteiger partial charge in [0.25, 0.3) is 0 Å². The molecule has 0 spiro atoms. The van der Waals surface area contributed by atoms with Gasteiger partial charge in [-0.2, -0.15) is 0 Å². The van der Waals surface area contributed by atoms with Gasteiger partial charge in [-0.1, -0.05) is 18.2 Å². The Bertz CT molecular complexity index is 988. The number of hydrogen-bond donors (Lipinski definition) is 0. The summed E-state index contributed by atoms with van der Waals surface area (Å²) in [5.74, 6) is 2.30.